The first kappa shape index (κ1) is 20.4. The Morgan fingerprint density at radius 3 is 2.57 bits per heavy atom. The molecule has 160 valence electrons. The van der Waals surface area contributed by atoms with E-state index in [1.54, 1.807) is 4.90 Å². The molecule has 1 aliphatic carbocycles. The molecular formula is C19H30F2N2O5. The van der Waals surface area contributed by atoms with E-state index in [0.29, 0.717) is 58.5 Å². The van der Waals surface area contributed by atoms with Gasteiger partial charge >= 0.3 is 0 Å². The van der Waals surface area contributed by atoms with Gasteiger partial charge in [-0.2, -0.15) is 0 Å². The Morgan fingerprint density at radius 2 is 1.89 bits per heavy atom. The summed E-state index contributed by atoms with van der Waals surface area (Å²) in [7, 11) is 0. The van der Waals surface area contributed by atoms with Crippen LogP contribution in [0.5, 0.6) is 0 Å². The summed E-state index contributed by atoms with van der Waals surface area (Å²) in [6.45, 7) is 2.78. The second-order valence-electron chi connectivity index (χ2n) is 8.40. The Bertz CT molecular complexity index is 550. The minimum absolute atomic E-state index is 0.0377. The second kappa shape index (κ2) is 8.47. The summed E-state index contributed by atoms with van der Waals surface area (Å²) >= 11 is 0. The Balaban J connectivity index is 1.20. The Morgan fingerprint density at radius 1 is 1.18 bits per heavy atom. The Hall–Kier alpha value is -0.870. The van der Waals surface area contributed by atoms with Crippen molar-refractivity contribution >= 4 is 5.91 Å². The number of hydrogen-bond acceptors (Lipinski definition) is 6. The zero-order valence-electron chi connectivity index (χ0n) is 16.0. The van der Waals surface area contributed by atoms with Gasteiger partial charge in [0.15, 0.2) is 0 Å². The molecule has 3 aliphatic heterocycles. The summed E-state index contributed by atoms with van der Waals surface area (Å²) in [5.41, 5.74) is 0. The average molecular weight is 404 g/mol. The summed E-state index contributed by atoms with van der Waals surface area (Å²) in [5, 5.41) is 13.8. The first-order valence-corrected chi connectivity index (χ1v) is 10.4. The fourth-order valence-electron chi connectivity index (χ4n) is 4.67. The number of carbonyl (C=O) groups excluding carboxylic acids is 1. The number of halogens is 2. The maximum atomic E-state index is 13.2. The van der Waals surface area contributed by atoms with E-state index >= 15 is 0 Å². The molecule has 1 amide bonds. The number of nitrogens with zero attached hydrogens (tertiary/aromatic N) is 1. The van der Waals surface area contributed by atoms with E-state index in [9.17, 15) is 18.7 Å². The largest absolute Gasteiger partial charge is 0.388 e. The lowest BCUT2D eigenvalue weighted by molar-refractivity contribution is -0.138. The fourth-order valence-corrected chi connectivity index (χ4v) is 4.67. The molecule has 0 aromatic carbocycles. The molecule has 0 spiro atoms. The highest BCUT2D eigenvalue weighted by Gasteiger charge is 2.50. The molecule has 4 rings (SSSR count). The van der Waals surface area contributed by atoms with E-state index in [1.807, 2.05) is 0 Å². The van der Waals surface area contributed by atoms with Crippen LogP contribution in [0.15, 0.2) is 0 Å². The number of rotatable bonds is 5. The van der Waals surface area contributed by atoms with E-state index in [4.69, 9.17) is 14.2 Å². The maximum absolute atomic E-state index is 13.2. The number of aliphatic hydroxyl groups excluding tert-OH is 1. The molecular weight excluding hydrogens is 374 g/mol. The highest BCUT2D eigenvalue weighted by molar-refractivity contribution is 5.76. The number of amides is 1. The van der Waals surface area contributed by atoms with Crippen LogP contribution >= 0.6 is 0 Å². The molecule has 4 aliphatic rings. The summed E-state index contributed by atoms with van der Waals surface area (Å²) < 4.78 is 43.6. The second-order valence-corrected chi connectivity index (χ2v) is 8.40. The standard InChI is InChI=1S/C19H30F2N2O5/c20-19(21)3-1-12(2-4-19)22-11-15-17(25)18-14(28-15)9-13(27-18)10-16(24)23-5-7-26-8-6-23/h12-15,17-18,22,25H,1-11H2/t13-,14+,15+,17+,18-/m0/s1. The van der Waals surface area contributed by atoms with Gasteiger partial charge in [0.2, 0.25) is 11.8 Å². The highest BCUT2D eigenvalue weighted by Crippen LogP contribution is 2.36. The average Bonchev–Trinajstić information content (AvgIpc) is 3.20. The Labute approximate surface area is 163 Å². The number of nitrogens with one attached hydrogen (secondary N) is 1. The third-order valence-electron chi connectivity index (χ3n) is 6.37. The Kier molecular flexibility index (Phi) is 6.17. The predicted octanol–water partition coefficient (Wildman–Crippen LogP) is 0.689. The zero-order chi connectivity index (χ0) is 19.7. The molecule has 4 fully saturated rings. The van der Waals surface area contributed by atoms with Crippen LogP contribution in [0.4, 0.5) is 8.78 Å². The quantitative estimate of drug-likeness (QED) is 0.702. The van der Waals surface area contributed by atoms with E-state index in [0.717, 1.165) is 0 Å². The molecule has 7 nitrogen and oxygen atoms in total. The van der Waals surface area contributed by atoms with Crippen molar-refractivity contribution in [2.75, 3.05) is 32.8 Å². The third-order valence-corrected chi connectivity index (χ3v) is 6.37. The number of fused-ring (bicyclic) bond motifs is 1. The van der Waals surface area contributed by atoms with Crippen LogP contribution in [0.2, 0.25) is 0 Å². The predicted molar refractivity (Wildman–Crippen MR) is 95.2 cm³/mol. The summed E-state index contributed by atoms with van der Waals surface area (Å²) in [5.74, 6) is -2.49. The summed E-state index contributed by atoms with van der Waals surface area (Å²) in [6.07, 6.45) is -0.501. The van der Waals surface area contributed by atoms with Crippen molar-refractivity contribution in [3.05, 3.63) is 0 Å². The van der Waals surface area contributed by atoms with Crippen LogP contribution in [0.3, 0.4) is 0 Å². The first-order chi connectivity index (χ1) is 13.4. The molecule has 0 aromatic rings. The topological polar surface area (TPSA) is 80.3 Å². The minimum atomic E-state index is -2.54. The van der Waals surface area contributed by atoms with Crippen molar-refractivity contribution < 1.29 is 32.9 Å². The van der Waals surface area contributed by atoms with Crippen LogP contribution < -0.4 is 5.32 Å². The van der Waals surface area contributed by atoms with Crippen LogP contribution in [0.25, 0.3) is 0 Å². The smallest absolute Gasteiger partial charge is 0.248 e. The highest BCUT2D eigenvalue weighted by atomic mass is 19.3. The van der Waals surface area contributed by atoms with Crippen molar-refractivity contribution in [3.8, 4) is 0 Å². The molecule has 28 heavy (non-hydrogen) atoms. The van der Waals surface area contributed by atoms with Gasteiger partial charge < -0.3 is 29.5 Å². The molecule has 5 atom stereocenters. The van der Waals surface area contributed by atoms with Crippen molar-refractivity contribution in [1.82, 2.24) is 10.2 Å². The summed E-state index contributed by atoms with van der Waals surface area (Å²) in [4.78, 5) is 14.2. The van der Waals surface area contributed by atoms with E-state index in [2.05, 4.69) is 5.32 Å². The molecule has 3 saturated heterocycles. The van der Waals surface area contributed by atoms with E-state index in [1.165, 1.54) is 0 Å². The van der Waals surface area contributed by atoms with Gasteiger partial charge in [0.05, 0.1) is 37.9 Å². The van der Waals surface area contributed by atoms with Gasteiger partial charge in [-0.15, -0.1) is 0 Å². The van der Waals surface area contributed by atoms with Gasteiger partial charge in [-0.05, 0) is 12.8 Å². The van der Waals surface area contributed by atoms with Crippen LogP contribution in [0, 0.1) is 0 Å². The molecule has 1 saturated carbocycles. The first-order valence-electron chi connectivity index (χ1n) is 10.4. The van der Waals surface area contributed by atoms with Crippen molar-refractivity contribution in [2.24, 2.45) is 0 Å². The van der Waals surface area contributed by atoms with Gasteiger partial charge in [0.25, 0.3) is 0 Å². The molecule has 0 radical (unpaired) electrons. The van der Waals surface area contributed by atoms with Crippen molar-refractivity contribution in [3.63, 3.8) is 0 Å². The number of ether oxygens (including phenoxy) is 3. The molecule has 0 aromatic heterocycles. The van der Waals surface area contributed by atoms with Crippen molar-refractivity contribution in [2.45, 2.75) is 81.0 Å². The number of hydrogen-bond donors (Lipinski definition) is 2. The third kappa shape index (κ3) is 4.64. The lowest BCUT2D eigenvalue weighted by Gasteiger charge is -2.30. The lowest BCUT2D eigenvalue weighted by atomic mass is 9.92. The minimum Gasteiger partial charge on any atom is -0.388 e. The van der Waals surface area contributed by atoms with Gasteiger partial charge in [0.1, 0.15) is 12.2 Å². The normalized spacial score (nSPS) is 38.5. The van der Waals surface area contributed by atoms with Gasteiger partial charge in [-0.3, -0.25) is 4.79 Å². The number of aliphatic hydroxyl groups is 1. The van der Waals surface area contributed by atoms with Gasteiger partial charge in [-0.1, -0.05) is 0 Å². The molecule has 2 N–H and O–H groups in total. The van der Waals surface area contributed by atoms with Crippen molar-refractivity contribution in [1.29, 1.82) is 0 Å². The number of alkyl halides is 2. The monoisotopic (exact) mass is 404 g/mol. The molecule has 3 heterocycles. The number of carbonyl (C=O) groups is 1. The zero-order valence-corrected chi connectivity index (χ0v) is 16.0. The molecule has 9 heteroatoms. The SMILES string of the molecule is O=C(C[C@@H]1C[C@H]2O[C@H](CNC3CCC(F)(F)CC3)[C@@H](O)[C@H]2O1)N1CCOCC1. The van der Waals surface area contributed by atoms with Gasteiger partial charge in [-0.25, -0.2) is 8.78 Å². The number of morpholine rings is 1. The molecule has 0 unspecified atom stereocenters. The lowest BCUT2D eigenvalue weighted by Crippen LogP contribution is -2.44. The van der Waals surface area contributed by atoms with Crippen LogP contribution in [0.1, 0.15) is 38.5 Å². The van der Waals surface area contributed by atoms with Gasteiger partial charge in [0, 0.05) is 44.9 Å². The maximum Gasteiger partial charge on any atom is 0.248 e. The van der Waals surface area contributed by atoms with Crippen LogP contribution in [-0.4, -0.2) is 91.2 Å². The fraction of sp³-hybridized carbons (Fsp3) is 0.947. The van der Waals surface area contributed by atoms with Crippen LogP contribution in [-0.2, 0) is 19.0 Å². The summed E-state index contributed by atoms with van der Waals surface area (Å²) in [6, 6.07) is 0.0377. The van der Waals surface area contributed by atoms with E-state index < -0.39 is 24.2 Å². The molecule has 0 bridgehead atoms. The van der Waals surface area contributed by atoms with E-state index in [-0.39, 0.29) is 37.0 Å².